The van der Waals surface area contributed by atoms with Gasteiger partial charge in [0.1, 0.15) is 4.32 Å². The van der Waals surface area contributed by atoms with Crippen LogP contribution in [0, 0.1) is 5.92 Å². The number of hydrogen-bond acceptors (Lipinski definition) is 3. The van der Waals surface area contributed by atoms with Gasteiger partial charge in [0.15, 0.2) is 0 Å². The van der Waals surface area contributed by atoms with E-state index >= 15 is 0 Å². The van der Waals surface area contributed by atoms with Crippen molar-refractivity contribution in [2.45, 2.75) is 19.9 Å². The van der Waals surface area contributed by atoms with Gasteiger partial charge in [-0.3, -0.25) is 9.69 Å². The Labute approximate surface area is 134 Å². The summed E-state index contributed by atoms with van der Waals surface area (Å²) in [6.07, 6.45) is 0. The molecule has 0 N–H and O–H groups in total. The SMILES string of the molecule is CC(C)[C@H]1CSC(=S)N1C(=O)c1cccc2ccccc12. The smallest absolute Gasteiger partial charge is 0.260 e. The lowest BCUT2D eigenvalue weighted by Gasteiger charge is -2.26. The highest BCUT2D eigenvalue weighted by Crippen LogP contribution is 2.31. The third-order valence-electron chi connectivity index (χ3n) is 3.91. The molecule has 0 saturated carbocycles. The summed E-state index contributed by atoms with van der Waals surface area (Å²) in [5.41, 5.74) is 0.739. The van der Waals surface area contributed by atoms with Gasteiger partial charge < -0.3 is 0 Å². The Balaban J connectivity index is 2.06. The molecule has 108 valence electrons. The molecule has 2 nitrogen and oxygen atoms in total. The molecule has 0 aliphatic carbocycles. The molecule has 4 heteroatoms. The molecule has 2 aromatic rings. The third kappa shape index (κ3) is 2.58. The number of nitrogens with zero attached hydrogens (tertiary/aromatic N) is 1. The quantitative estimate of drug-likeness (QED) is 0.769. The topological polar surface area (TPSA) is 20.3 Å². The highest BCUT2D eigenvalue weighted by Gasteiger charge is 2.36. The Bertz CT molecular complexity index is 706. The van der Waals surface area contributed by atoms with Crippen LogP contribution in [0.5, 0.6) is 0 Å². The number of benzene rings is 2. The molecule has 3 rings (SSSR count). The number of hydrogen-bond donors (Lipinski definition) is 0. The van der Waals surface area contributed by atoms with Crippen molar-refractivity contribution in [3.05, 3.63) is 48.0 Å². The van der Waals surface area contributed by atoms with Crippen LogP contribution in [0.25, 0.3) is 10.8 Å². The van der Waals surface area contributed by atoms with E-state index in [9.17, 15) is 4.79 Å². The van der Waals surface area contributed by atoms with Crippen LogP contribution in [0.3, 0.4) is 0 Å². The van der Waals surface area contributed by atoms with Crippen molar-refractivity contribution in [1.29, 1.82) is 0 Å². The molecule has 1 amide bonds. The first-order valence-electron chi connectivity index (χ1n) is 7.07. The Kier molecular flexibility index (Phi) is 4.00. The van der Waals surface area contributed by atoms with Gasteiger partial charge in [-0.15, -0.1) is 0 Å². The second kappa shape index (κ2) is 5.78. The highest BCUT2D eigenvalue weighted by atomic mass is 32.2. The number of carbonyl (C=O) groups excluding carboxylic acids is 1. The number of carbonyl (C=O) groups is 1. The predicted octanol–water partition coefficient (Wildman–Crippen LogP) is 4.34. The summed E-state index contributed by atoms with van der Waals surface area (Å²) in [7, 11) is 0. The molecule has 1 fully saturated rings. The lowest BCUT2D eigenvalue weighted by Crippen LogP contribution is -2.41. The normalized spacial score (nSPS) is 18.7. The Morgan fingerprint density at radius 2 is 1.95 bits per heavy atom. The van der Waals surface area contributed by atoms with Crippen LogP contribution in [-0.2, 0) is 0 Å². The number of fused-ring (bicyclic) bond motifs is 1. The monoisotopic (exact) mass is 315 g/mol. The maximum atomic E-state index is 13.0. The zero-order chi connectivity index (χ0) is 15.0. The van der Waals surface area contributed by atoms with E-state index in [1.54, 1.807) is 11.8 Å². The van der Waals surface area contributed by atoms with Gasteiger partial charge in [-0.25, -0.2) is 0 Å². The molecule has 0 radical (unpaired) electrons. The first-order chi connectivity index (χ1) is 10.1. The van der Waals surface area contributed by atoms with Crippen LogP contribution < -0.4 is 0 Å². The van der Waals surface area contributed by atoms with Gasteiger partial charge in [-0.2, -0.15) is 0 Å². The van der Waals surface area contributed by atoms with Crippen molar-refractivity contribution >= 4 is 45.0 Å². The second-order valence-electron chi connectivity index (χ2n) is 5.59. The van der Waals surface area contributed by atoms with Crippen molar-refractivity contribution in [3.8, 4) is 0 Å². The number of thiocarbonyl (C=S) groups is 1. The maximum absolute atomic E-state index is 13.0. The van der Waals surface area contributed by atoms with Crippen molar-refractivity contribution in [3.63, 3.8) is 0 Å². The predicted molar refractivity (Wildman–Crippen MR) is 93.8 cm³/mol. The molecule has 0 spiro atoms. The zero-order valence-electron chi connectivity index (χ0n) is 12.1. The van der Waals surface area contributed by atoms with Crippen LogP contribution in [0.1, 0.15) is 24.2 Å². The van der Waals surface area contributed by atoms with Crippen LogP contribution in [0.2, 0.25) is 0 Å². The van der Waals surface area contributed by atoms with E-state index in [1.807, 2.05) is 47.4 Å². The van der Waals surface area contributed by atoms with Crippen molar-refractivity contribution < 1.29 is 4.79 Å². The zero-order valence-corrected chi connectivity index (χ0v) is 13.7. The second-order valence-corrected chi connectivity index (χ2v) is 7.24. The lowest BCUT2D eigenvalue weighted by atomic mass is 10.0. The maximum Gasteiger partial charge on any atom is 0.260 e. The first kappa shape index (κ1) is 14.5. The van der Waals surface area contributed by atoms with Gasteiger partial charge in [0, 0.05) is 11.3 Å². The summed E-state index contributed by atoms with van der Waals surface area (Å²) in [5, 5.41) is 2.08. The fourth-order valence-corrected chi connectivity index (χ4v) is 4.33. The summed E-state index contributed by atoms with van der Waals surface area (Å²) in [5.74, 6) is 1.32. The fourth-order valence-electron chi connectivity index (χ4n) is 2.70. The van der Waals surface area contributed by atoms with Gasteiger partial charge in [-0.05, 0) is 22.8 Å². The Morgan fingerprint density at radius 3 is 2.71 bits per heavy atom. The van der Waals surface area contributed by atoms with Crippen LogP contribution >= 0.6 is 24.0 Å². The molecule has 1 heterocycles. The van der Waals surface area contributed by atoms with Crippen LogP contribution in [-0.4, -0.2) is 26.9 Å². The third-order valence-corrected chi connectivity index (χ3v) is 5.42. The summed E-state index contributed by atoms with van der Waals surface area (Å²) in [6, 6.07) is 14.0. The molecule has 0 bridgehead atoms. The minimum Gasteiger partial charge on any atom is -0.289 e. The highest BCUT2D eigenvalue weighted by molar-refractivity contribution is 8.23. The summed E-state index contributed by atoms with van der Waals surface area (Å²) < 4.78 is 0.701. The molecule has 1 atom stereocenters. The Morgan fingerprint density at radius 1 is 1.24 bits per heavy atom. The summed E-state index contributed by atoms with van der Waals surface area (Å²) >= 11 is 7.01. The molecule has 0 unspecified atom stereocenters. The van der Waals surface area contributed by atoms with E-state index < -0.39 is 0 Å². The molecule has 2 aromatic carbocycles. The van der Waals surface area contributed by atoms with Gasteiger partial charge in [0.2, 0.25) is 0 Å². The molecule has 21 heavy (non-hydrogen) atoms. The van der Waals surface area contributed by atoms with Crippen LogP contribution in [0.15, 0.2) is 42.5 Å². The summed E-state index contributed by atoms with van der Waals surface area (Å²) in [6.45, 7) is 4.28. The minimum absolute atomic E-state index is 0.0282. The average Bonchev–Trinajstić information content (AvgIpc) is 2.88. The van der Waals surface area contributed by atoms with E-state index in [4.69, 9.17) is 12.2 Å². The standard InChI is InChI=1S/C17H17NOS2/c1-11(2)15-10-21-17(20)18(15)16(19)14-9-5-7-12-6-3-4-8-13(12)14/h3-9,11,15H,10H2,1-2H3/t15-/m1/s1. The average molecular weight is 315 g/mol. The van der Waals surface area contributed by atoms with Crippen molar-refractivity contribution in [2.75, 3.05) is 5.75 Å². The number of thioether (sulfide) groups is 1. The molecule has 1 aliphatic rings. The largest absolute Gasteiger partial charge is 0.289 e. The molecule has 1 aliphatic heterocycles. The molecule has 0 aromatic heterocycles. The van der Waals surface area contributed by atoms with Gasteiger partial charge in [0.25, 0.3) is 5.91 Å². The van der Waals surface area contributed by atoms with Crippen LogP contribution in [0.4, 0.5) is 0 Å². The van der Waals surface area contributed by atoms with E-state index in [0.717, 1.165) is 22.1 Å². The van der Waals surface area contributed by atoms with Crippen molar-refractivity contribution in [2.24, 2.45) is 5.92 Å². The molecule has 1 saturated heterocycles. The van der Waals surface area contributed by atoms with E-state index in [0.29, 0.717) is 10.2 Å². The minimum atomic E-state index is 0.0282. The van der Waals surface area contributed by atoms with Gasteiger partial charge in [0.05, 0.1) is 6.04 Å². The van der Waals surface area contributed by atoms with Gasteiger partial charge >= 0.3 is 0 Å². The lowest BCUT2D eigenvalue weighted by molar-refractivity contribution is 0.0802. The first-order valence-corrected chi connectivity index (χ1v) is 8.47. The number of rotatable bonds is 2. The van der Waals surface area contributed by atoms with E-state index in [2.05, 4.69) is 13.8 Å². The van der Waals surface area contributed by atoms with Crippen molar-refractivity contribution in [1.82, 2.24) is 4.90 Å². The molecular formula is C17H17NOS2. The van der Waals surface area contributed by atoms with E-state index in [-0.39, 0.29) is 11.9 Å². The number of amides is 1. The van der Waals surface area contributed by atoms with Gasteiger partial charge in [-0.1, -0.05) is 74.2 Å². The molecular weight excluding hydrogens is 298 g/mol. The fraction of sp³-hybridized carbons (Fsp3) is 0.294. The summed E-state index contributed by atoms with van der Waals surface area (Å²) in [4.78, 5) is 14.8. The van der Waals surface area contributed by atoms with E-state index in [1.165, 1.54) is 0 Å². The Hall–Kier alpha value is -1.39.